The summed E-state index contributed by atoms with van der Waals surface area (Å²) in [6.45, 7) is 3.98. The van der Waals surface area contributed by atoms with E-state index in [-0.39, 0.29) is 5.92 Å². The molecule has 1 aromatic heterocycles. The van der Waals surface area contributed by atoms with E-state index in [0.717, 1.165) is 81.8 Å². The van der Waals surface area contributed by atoms with E-state index >= 15 is 0 Å². The molecule has 3 fully saturated rings. The highest BCUT2D eigenvalue weighted by molar-refractivity contribution is 5.79. The van der Waals surface area contributed by atoms with Crippen LogP contribution in [0.2, 0.25) is 0 Å². The lowest BCUT2D eigenvalue weighted by Gasteiger charge is -2.42. The summed E-state index contributed by atoms with van der Waals surface area (Å²) in [6.07, 6.45) is 7.98. The molecule has 1 amide bonds. The van der Waals surface area contributed by atoms with Crippen molar-refractivity contribution in [2.75, 3.05) is 31.1 Å². The average molecular weight is 383 g/mol. The van der Waals surface area contributed by atoms with E-state index in [4.69, 9.17) is 4.42 Å². The first-order valence-electron chi connectivity index (χ1n) is 10.9. The number of likely N-dealkylation sites (tertiary alicyclic amines) is 1. The molecular weight excluding hydrogens is 352 g/mol. The summed E-state index contributed by atoms with van der Waals surface area (Å²) in [5.74, 6) is 0.461. The van der Waals surface area contributed by atoms with Crippen molar-refractivity contribution in [1.29, 1.82) is 0 Å². The monoisotopic (exact) mass is 382 g/mol. The Hall–Kier alpha value is -2.08. The first kappa shape index (κ1) is 18.0. The number of rotatable bonds is 4. The normalized spacial score (nSPS) is 25.0. The van der Waals surface area contributed by atoms with Gasteiger partial charge in [-0.25, -0.2) is 0 Å². The third-order valence-electron chi connectivity index (χ3n) is 6.81. The number of oxazole rings is 1. The van der Waals surface area contributed by atoms with Crippen LogP contribution in [0.5, 0.6) is 0 Å². The number of nitrogens with zero attached hydrogens (tertiary/aromatic N) is 3. The molecule has 6 nitrogen and oxygen atoms in total. The number of hydrogen-bond donors (Lipinski definition) is 1. The van der Waals surface area contributed by atoms with Gasteiger partial charge in [0.05, 0.1) is 5.92 Å². The zero-order valence-corrected chi connectivity index (χ0v) is 16.5. The predicted molar refractivity (Wildman–Crippen MR) is 109 cm³/mol. The first-order valence-corrected chi connectivity index (χ1v) is 10.9. The van der Waals surface area contributed by atoms with E-state index in [0.29, 0.717) is 18.0 Å². The minimum absolute atomic E-state index is 0.171. The van der Waals surface area contributed by atoms with E-state index in [9.17, 15) is 4.79 Å². The predicted octanol–water partition coefficient (Wildman–Crippen LogP) is 3.18. The highest BCUT2D eigenvalue weighted by Gasteiger charge is 2.33. The number of nitrogens with one attached hydrogen (secondary N) is 1. The Kier molecular flexibility index (Phi) is 4.97. The van der Waals surface area contributed by atoms with E-state index in [1.807, 2.05) is 24.3 Å². The SMILES string of the molecule is O=C(NC1CCC1)[C@H]1CCCN(C2CCN(c3nc4ccccc4o3)CC2)C1. The van der Waals surface area contributed by atoms with E-state index in [1.54, 1.807) is 0 Å². The maximum absolute atomic E-state index is 12.6. The molecule has 6 heteroatoms. The number of anilines is 1. The van der Waals surface area contributed by atoms with E-state index in [2.05, 4.69) is 20.1 Å². The topological polar surface area (TPSA) is 61.6 Å². The van der Waals surface area contributed by atoms with Crippen molar-refractivity contribution in [2.45, 2.75) is 57.0 Å². The van der Waals surface area contributed by atoms with Crippen molar-refractivity contribution in [3.63, 3.8) is 0 Å². The lowest BCUT2D eigenvalue weighted by molar-refractivity contribution is -0.128. The summed E-state index contributed by atoms with van der Waals surface area (Å²) in [7, 11) is 0. The van der Waals surface area contributed by atoms with Gasteiger partial charge in [-0.1, -0.05) is 12.1 Å². The number of piperidine rings is 2. The third-order valence-corrected chi connectivity index (χ3v) is 6.81. The molecule has 1 saturated carbocycles. The van der Waals surface area contributed by atoms with Crippen molar-refractivity contribution >= 4 is 23.0 Å². The number of carbonyl (C=O) groups excluding carboxylic acids is 1. The summed E-state index contributed by atoms with van der Waals surface area (Å²) in [6, 6.07) is 9.71. The molecule has 0 radical (unpaired) electrons. The fourth-order valence-electron chi connectivity index (χ4n) is 4.84. The lowest BCUT2D eigenvalue weighted by atomic mass is 9.90. The van der Waals surface area contributed by atoms with Gasteiger partial charge in [-0.3, -0.25) is 9.69 Å². The van der Waals surface area contributed by atoms with Crippen molar-refractivity contribution in [3.8, 4) is 0 Å². The Morgan fingerprint density at radius 2 is 1.86 bits per heavy atom. The van der Waals surface area contributed by atoms with Gasteiger partial charge in [-0.2, -0.15) is 4.98 Å². The molecule has 0 bridgehead atoms. The van der Waals surface area contributed by atoms with Crippen LogP contribution in [0.3, 0.4) is 0 Å². The van der Waals surface area contributed by atoms with Crippen LogP contribution in [0.1, 0.15) is 44.9 Å². The van der Waals surface area contributed by atoms with Gasteiger partial charge in [-0.15, -0.1) is 0 Å². The van der Waals surface area contributed by atoms with E-state index < -0.39 is 0 Å². The number of carbonyl (C=O) groups is 1. The van der Waals surface area contributed by atoms with Crippen molar-refractivity contribution in [3.05, 3.63) is 24.3 Å². The molecule has 1 aromatic carbocycles. The summed E-state index contributed by atoms with van der Waals surface area (Å²) in [5, 5.41) is 3.26. The number of amides is 1. The average Bonchev–Trinajstić information content (AvgIpc) is 3.15. The first-order chi connectivity index (χ1) is 13.8. The lowest BCUT2D eigenvalue weighted by Crippen LogP contribution is -2.52. The fourth-order valence-corrected chi connectivity index (χ4v) is 4.84. The molecule has 1 atom stereocenters. The maximum Gasteiger partial charge on any atom is 0.298 e. The van der Waals surface area contributed by atoms with Crippen LogP contribution in [0.15, 0.2) is 28.7 Å². The number of aromatic nitrogens is 1. The highest BCUT2D eigenvalue weighted by Crippen LogP contribution is 2.28. The van der Waals surface area contributed by atoms with Gasteiger partial charge >= 0.3 is 0 Å². The molecule has 28 heavy (non-hydrogen) atoms. The Balaban J connectivity index is 1.16. The van der Waals surface area contributed by atoms with Gasteiger partial charge in [0.1, 0.15) is 5.52 Å². The molecule has 0 unspecified atom stereocenters. The molecule has 2 aliphatic heterocycles. The molecule has 2 saturated heterocycles. The van der Waals surface area contributed by atoms with Crippen LogP contribution >= 0.6 is 0 Å². The number of fused-ring (bicyclic) bond motifs is 1. The van der Waals surface area contributed by atoms with Gasteiger partial charge in [-0.05, 0) is 63.6 Å². The molecular formula is C22H30N4O2. The Morgan fingerprint density at radius 1 is 1.04 bits per heavy atom. The highest BCUT2D eigenvalue weighted by atomic mass is 16.4. The molecule has 3 heterocycles. The minimum Gasteiger partial charge on any atom is -0.423 e. The van der Waals surface area contributed by atoms with Crippen molar-refractivity contribution in [2.24, 2.45) is 5.92 Å². The number of para-hydroxylation sites is 2. The van der Waals surface area contributed by atoms with Crippen LogP contribution in [0.25, 0.3) is 11.1 Å². The van der Waals surface area contributed by atoms with Crippen LogP contribution in [0.4, 0.5) is 6.01 Å². The van der Waals surface area contributed by atoms with Crippen molar-refractivity contribution < 1.29 is 9.21 Å². The molecule has 2 aromatic rings. The smallest absolute Gasteiger partial charge is 0.298 e. The second-order valence-corrected chi connectivity index (χ2v) is 8.65. The van der Waals surface area contributed by atoms with Gasteiger partial charge in [0, 0.05) is 31.7 Å². The molecule has 0 spiro atoms. The van der Waals surface area contributed by atoms with Gasteiger partial charge < -0.3 is 14.6 Å². The molecule has 1 N–H and O–H groups in total. The molecule has 150 valence electrons. The quantitative estimate of drug-likeness (QED) is 0.880. The van der Waals surface area contributed by atoms with Gasteiger partial charge in [0.25, 0.3) is 6.01 Å². The Labute approximate surface area is 166 Å². The van der Waals surface area contributed by atoms with E-state index in [1.165, 1.54) is 6.42 Å². The van der Waals surface area contributed by atoms with Crippen LogP contribution in [-0.4, -0.2) is 54.1 Å². The Morgan fingerprint density at radius 3 is 2.61 bits per heavy atom. The van der Waals surface area contributed by atoms with Crippen LogP contribution in [0, 0.1) is 5.92 Å². The van der Waals surface area contributed by atoms with Gasteiger partial charge in [0.2, 0.25) is 5.91 Å². The van der Waals surface area contributed by atoms with Crippen LogP contribution in [-0.2, 0) is 4.79 Å². The summed E-state index contributed by atoms with van der Waals surface area (Å²) in [5.41, 5.74) is 1.78. The largest absolute Gasteiger partial charge is 0.423 e. The second-order valence-electron chi connectivity index (χ2n) is 8.65. The van der Waals surface area contributed by atoms with Gasteiger partial charge in [0.15, 0.2) is 5.58 Å². The zero-order valence-electron chi connectivity index (χ0n) is 16.5. The molecule has 5 rings (SSSR count). The van der Waals surface area contributed by atoms with Crippen molar-refractivity contribution in [1.82, 2.24) is 15.2 Å². The zero-order chi connectivity index (χ0) is 18.9. The summed E-state index contributed by atoms with van der Waals surface area (Å²) >= 11 is 0. The maximum atomic E-state index is 12.6. The van der Waals surface area contributed by atoms with Crippen LogP contribution < -0.4 is 10.2 Å². The Bertz CT molecular complexity index is 790. The molecule has 3 aliphatic rings. The third kappa shape index (κ3) is 3.62. The number of benzene rings is 1. The summed E-state index contributed by atoms with van der Waals surface area (Å²) in [4.78, 5) is 22.1. The minimum atomic E-state index is 0.171. The number of hydrogen-bond acceptors (Lipinski definition) is 5. The second kappa shape index (κ2) is 7.74. The summed E-state index contributed by atoms with van der Waals surface area (Å²) < 4.78 is 5.94. The standard InChI is InChI=1S/C22H30N4O2/c27-21(23-17-6-3-7-17)16-5-4-12-26(15-16)18-10-13-25(14-11-18)22-24-19-8-1-2-9-20(19)28-22/h1-2,8-9,16-18H,3-7,10-15H2,(H,23,27)/t16-/m0/s1. The molecule has 1 aliphatic carbocycles. The fraction of sp³-hybridized carbons (Fsp3) is 0.636.